The van der Waals surface area contributed by atoms with Crippen LogP contribution < -0.4 is 15.2 Å². The van der Waals surface area contributed by atoms with Crippen LogP contribution in [0.3, 0.4) is 0 Å². The molecule has 2 N–H and O–H groups in total. The number of hydrogen-bond donors (Lipinski definition) is 1. The number of hydrogen-bond acceptors (Lipinski definition) is 7. The molecule has 0 amide bonds. The van der Waals surface area contributed by atoms with E-state index in [4.69, 9.17) is 15.2 Å². The number of rotatable bonds is 5. The van der Waals surface area contributed by atoms with E-state index >= 15 is 0 Å². The van der Waals surface area contributed by atoms with Gasteiger partial charge in [-0.3, -0.25) is 4.90 Å². The largest absolute Gasteiger partial charge is 0.493 e. The molecule has 0 radical (unpaired) electrons. The van der Waals surface area contributed by atoms with Gasteiger partial charge in [-0.2, -0.15) is 9.37 Å². The fraction of sp³-hybridized carbons (Fsp3) is 0.467. The molecule has 3 heterocycles. The summed E-state index contributed by atoms with van der Waals surface area (Å²) in [5, 5.41) is 0.227. The van der Waals surface area contributed by atoms with Crippen molar-refractivity contribution in [1.82, 2.24) is 14.9 Å². The summed E-state index contributed by atoms with van der Waals surface area (Å²) in [4.78, 5) is 10.1. The van der Waals surface area contributed by atoms with Crippen molar-refractivity contribution in [3.8, 4) is 11.6 Å². The molecule has 0 bridgehead atoms. The van der Waals surface area contributed by atoms with Crippen LogP contribution in [-0.4, -0.2) is 40.7 Å². The lowest BCUT2D eigenvalue weighted by Gasteiger charge is -2.19. The van der Waals surface area contributed by atoms with E-state index < -0.39 is 11.8 Å². The van der Waals surface area contributed by atoms with Crippen LogP contribution in [0.15, 0.2) is 12.3 Å². The summed E-state index contributed by atoms with van der Waals surface area (Å²) in [7, 11) is 1.39. The van der Waals surface area contributed by atoms with E-state index in [0.29, 0.717) is 23.8 Å². The number of nitrogens with two attached hydrogens (primary N) is 1. The van der Waals surface area contributed by atoms with Crippen LogP contribution in [0.2, 0.25) is 0 Å². The first-order chi connectivity index (χ1) is 11.5. The van der Waals surface area contributed by atoms with Crippen molar-refractivity contribution in [3.05, 3.63) is 28.9 Å². The van der Waals surface area contributed by atoms with Gasteiger partial charge < -0.3 is 15.2 Å². The van der Waals surface area contributed by atoms with E-state index in [9.17, 15) is 8.78 Å². The second-order valence-electron chi connectivity index (χ2n) is 5.68. The summed E-state index contributed by atoms with van der Waals surface area (Å²) in [6.07, 6.45) is 1.72. The minimum Gasteiger partial charge on any atom is -0.493 e. The Morgan fingerprint density at radius 1 is 1.46 bits per heavy atom. The molecule has 1 fully saturated rings. The van der Waals surface area contributed by atoms with E-state index in [2.05, 4.69) is 14.9 Å². The highest BCUT2D eigenvalue weighted by molar-refractivity contribution is 7.15. The van der Waals surface area contributed by atoms with Crippen molar-refractivity contribution < 1.29 is 18.3 Å². The molecule has 2 atom stereocenters. The second-order valence-corrected chi connectivity index (χ2v) is 6.79. The predicted molar refractivity (Wildman–Crippen MR) is 86.1 cm³/mol. The highest BCUT2D eigenvalue weighted by Crippen LogP contribution is 2.28. The van der Waals surface area contributed by atoms with Gasteiger partial charge in [-0.25, -0.2) is 9.37 Å². The van der Waals surface area contributed by atoms with Crippen molar-refractivity contribution in [3.63, 3.8) is 0 Å². The van der Waals surface area contributed by atoms with Crippen LogP contribution >= 0.6 is 11.3 Å². The van der Waals surface area contributed by atoms with Gasteiger partial charge in [0.1, 0.15) is 6.10 Å². The SMILES string of the molecule is COc1cc(O[C@@H]2C[C@H](C)N(Cc3sc(N)nc3F)C2)ncc1F. The first-order valence-electron chi connectivity index (χ1n) is 7.47. The molecule has 0 aliphatic carbocycles. The fourth-order valence-electron chi connectivity index (χ4n) is 2.78. The molecule has 1 aliphatic rings. The average Bonchev–Trinajstić information content (AvgIpc) is 3.03. The Morgan fingerprint density at radius 3 is 2.92 bits per heavy atom. The average molecular weight is 356 g/mol. The molecule has 1 aliphatic heterocycles. The molecule has 24 heavy (non-hydrogen) atoms. The standard InChI is InChI=1S/C15H18F2N4O2S/c1-8-3-9(23-13-4-11(22-2)10(16)5-19-13)6-21(8)7-12-14(17)20-15(18)24-12/h4-5,8-9H,3,6-7H2,1-2H3,(H2,18,20)/t8-,9+/m0/s1. The van der Waals surface area contributed by atoms with Gasteiger partial charge in [0.25, 0.3) is 0 Å². The zero-order chi connectivity index (χ0) is 17.3. The second kappa shape index (κ2) is 6.86. The van der Waals surface area contributed by atoms with Crippen LogP contribution in [0.4, 0.5) is 13.9 Å². The lowest BCUT2D eigenvalue weighted by atomic mass is 10.2. The van der Waals surface area contributed by atoms with Crippen molar-refractivity contribution >= 4 is 16.5 Å². The van der Waals surface area contributed by atoms with Crippen molar-refractivity contribution in [2.45, 2.75) is 32.0 Å². The Balaban J connectivity index is 1.64. The molecular weight excluding hydrogens is 338 g/mol. The number of aromatic nitrogens is 2. The highest BCUT2D eigenvalue weighted by Gasteiger charge is 2.32. The van der Waals surface area contributed by atoms with Gasteiger partial charge in [-0.15, -0.1) is 0 Å². The van der Waals surface area contributed by atoms with Gasteiger partial charge in [-0.1, -0.05) is 11.3 Å². The summed E-state index contributed by atoms with van der Waals surface area (Å²) >= 11 is 1.15. The summed E-state index contributed by atoms with van der Waals surface area (Å²) in [5.41, 5.74) is 5.53. The topological polar surface area (TPSA) is 73.5 Å². The monoisotopic (exact) mass is 356 g/mol. The maximum Gasteiger partial charge on any atom is 0.230 e. The number of thiazole rings is 1. The van der Waals surface area contributed by atoms with Crippen LogP contribution in [0.25, 0.3) is 0 Å². The smallest absolute Gasteiger partial charge is 0.230 e. The summed E-state index contributed by atoms with van der Waals surface area (Å²) < 4.78 is 37.8. The molecule has 2 aromatic rings. The highest BCUT2D eigenvalue weighted by atomic mass is 32.1. The molecule has 0 spiro atoms. The summed E-state index contributed by atoms with van der Waals surface area (Å²) in [6, 6.07) is 1.63. The Hall–Kier alpha value is -2.00. The molecule has 2 aromatic heterocycles. The number of halogens is 2. The Labute approximate surface area is 142 Å². The third-order valence-corrected chi connectivity index (χ3v) is 4.83. The molecule has 0 unspecified atom stereocenters. The number of nitrogens with zero attached hydrogens (tertiary/aromatic N) is 3. The molecule has 0 saturated carbocycles. The molecule has 9 heteroatoms. The minimum atomic E-state index is -0.537. The zero-order valence-electron chi connectivity index (χ0n) is 13.3. The number of anilines is 1. The molecule has 0 aromatic carbocycles. The molecule has 130 valence electrons. The molecule has 6 nitrogen and oxygen atoms in total. The maximum absolute atomic E-state index is 13.7. The Morgan fingerprint density at radius 2 is 2.25 bits per heavy atom. The van der Waals surface area contributed by atoms with Gasteiger partial charge >= 0.3 is 0 Å². The van der Waals surface area contributed by atoms with Crippen molar-refractivity contribution in [2.75, 3.05) is 19.4 Å². The van der Waals surface area contributed by atoms with Crippen molar-refractivity contribution in [1.29, 1.82) is 0 Å². The van der Waals surface area contributed by atoms with Gasteiger partial charge in [0.15, 0.2) is 16.7 Å². The van der Waals surface area contributed by atoms with E-state index in [1.165, 1.54) is 13.2 Å². The van der Waals surface area contributed by atoms with Crippen LogP contribution in [-0.2, 0) is 6.54 Å². The normalized spacial score (nSPS) is 21.2. The van der Waals surface area contributed by atoms with E-state index in [1.54, 1.807) is 0 Å². The Kier molecular flexibility index (Phi) is 4.81. The van der Waals surface area contributed by atoms with Gasteiger partial charge in [0.2, 0.25) is 11.8 Å². The molecule has 1 saturated heterocycles. The van der Waals surface area contributed by atoms with Gasteiger partial charge in [0.05, 0.1) is 18.2 Å². The lowest BCUT2D eigenvalue weighted by Crippen LogP contribution is -2.28. The summed E-state index contributed by atoms with van der Waals surface area (Å²) in [6.45, 7) is 3.09. The first-order valence-corrected chi connectivity index (χ1v) is 8.28. The number of likely N-dealkylation sites (tertiary alicyclic amines) is 1. The van der Waals surface area contributed by atoms with Crippen molar-refractivity contribution in [2.24, 2.45) is 0 Å². The van der Waals surface area contributed by atoms with Gasteiger partial charge in [-0.05, 0) is 6.92 Å². The van der Waals surface area contributed by atoms with E-state index in [1.807, 2.05) is 6.92 Å². The number of ether oxygens (including phenoxy) is 2. The number of pyridine rings is 1. The number of nitrogen functional groups attached to an aromatic ring is 1. The van der Waals surface area contributed by atoms with E-state index in [0.717, 1.165) is 24.0 Å². The van der Waals surface area contributed by atoms with Gasteiger partial charge in [0, 0.05) is 31.6 Å². The fourth-order valence-corrected chi connectivity index (χ4v) is 3.52. The summed E-state index contributed by atoms with van der Waals surface area (Å²) in [5.74, 6) is -0.658. The lowest BCUT2D eigenvalue weighted by molar-refractivity contribution is 0.187. The predicted octanol–water partition coefficient (Wildman–Crippen LogP) is 2.45. The number of methoxy groups -OCH3 is 1. The van der Waals surface area contributed by atoms with Crippen LogP contribution in [0.5, 0.6) is 11.6 Å². The van der Waals surface area contributed by atoms with Crippen LogP contribution in [0, 0.1) is 11.8 Å². The molecule has 3 rings (SSSR count). The molecular formula is C15H18F2N4O2S. The third kappa shape index (κ3) is 3.57. The minimum absolute atomic E-state index is 0.0881. The quantitative estimate of drug-likeness (QED) is 0.887. The van der Waals surface area contributed by atoms with Crippen LogP contribution in [0.1, 0.15) is 18.2 Å². The third-order valence-electron chi connectivity index (χ3n) is 3.98. The zero-order valence-corrected chi connectivity index (χ0v) is 14.1. The maximum atomic E-state index is 13.7. The van der Waals surface area contributed by atoms with E-state index in [-0.39, 0.29) is 23.0 Å². The first kappa shape index (κ1) is 16.8. The Bertz CT molecular complexity index is 727.